The molecule has 0 saturated carbocycles. The average molecular weight is 674 g/mol. The first kappa shape index (κ1) is 27.9. The van der Waals surface area contributed by atoms with Crippen molar-refractivity contribution < 1.29 is 9.47 Å². The van der Waals surface area contributed by atoms with Crippen molar-refractivity contribution in [1.29, 1.82) is 0 Å². The monoisotopic (exact) mass is 673 g/mol. The molecule has 13 rings (SSSR count). The topological polar surface area (TPSA) is 23.4 Å². The summed E-state index contributed by atoms with van der Waals surface area (Å²) < 4.78 is 15.9. The van der Waals surface area contributed by atoms with Gasteiger partial charge in [-0.25, -0.2) is 0 Å². The Bertz CT molecular complexity index is 2980. The third kappa shape index (κ3) is 3.33. The third-order valence-electron chi connectivity index (χ3n) is 12.3. The summed E-state index contributed by atoms with van der Waals surface area (Å²) in [5.74, 6) is 3.46. The number of nitrogens with zero attached hydrogens (tertiary/aromatic N) is 1. The molecule has 0 radical (unpaired) electrons. The second kappa shape index (κ2) is 9.75. The smallest absolute Gasteiger partial charge is 0.260 e. The zero-order chi connectivity index (χ0) is 34.4. The van der Waals surface area contributed by atoms with Gasteiger partial charge in [0.1, 0.15) is 23.0 Å². The number of rotatable bonds is 1. The lowest BCUT2D eigenvalue weighted by Gasteiger charge is -2.33. The number of ether oxygens (including phenoxy) is 2. The first-order valence-corrected chi connectivity index (χ1v) is 18.4. The highest BCUT2D eigenvalue weighted by Gasteiger charge is 2.51. The van der Waals surface area contributed by atoms with E-state index in [-0.39, 0.29) is 6.71 Å². The summed E-state index contributed by atoms with van der Waals surface area (Å²) in [6.45, 7) is 0.0372. The summed E-state index contributed by atoms with van der Waals surface area (Å²) in [4.78, 5) is 0. The van der Waals surface area contributed by atoms with Crippen LogP contribution < -0.4 is 25.9 Å². The fourth-order valence-corrected chi connectivity index (χ4v) is 10.3. The van der Waals surface area contributed by atoms with E-state index in [1.165, 1.54) is 66.2 Å². The molecular weight excluding hydrogens is 645 g/mol. The zero-order valence-electron chi connectivity index (χ0n) is 28.5. The maximum atomic E-state index is 6.76. The van der Waals surface area contributed by atoms with Crippen molar-refractivity contribution in [3.63, 3.8) is 0 Å². The van der Waals surface area contributed by atoms with Crippen molar-refractivity contribution in [1.82, 2.24) is 4.57 Å². The fraction of sp³-hybridized carbons (Fsp3) is 0.0204. The van der Waals surface area contributed by atoms with Gasteiger partial charge in [-0.3, -0.25) is 0 Å². The Hall–Kier alpha value is -6.78. The number of aromatic nitrogens is 1. The van der Waals surface area contributed by atoms with E-state index in [4.69, 9.17) is 9.47 Å². The highest BCUT2D eigenvalue weighted by molar-refractivity contribution is 6.98. The highest BCUT2D eigenvalue weighted by Crippen LogP contribution is 2.63. The van der Waals surface area contributed by atoms with E-state index in [1.807, 2.05) is 0 Å². The molecular formula is C49H28BNO2. The maximum Gasteiger partial charge on any atom is 0.260 e. The molecule has 0 N–H and O–H groups in total. The molecule has 4 heteroatoms. The predicted octanol–water partition coefficient (Wildman–Crippen LogP) is 9.85. The standard InChI is InChI=1S/C49H28BNO2/c1-5-17-36-30(13-1)31-14-2-6-18-37(31)49(36)38-19-7-3-15-32(38)34-28-43-35(27-39(34)49)33-16-4-10-22-42(33)51(43)29-25-46-48-47(26-29)53-45-24-12-9-21-41(45)50(48)40-20-8-11-23-44(40)52-46/h1-28H. The molecule has 53 heavy (non-hydrogen) atoms. The first-order valence-electron chi connectivity index (χ1n) is 18.4. The van der Waals surface area contributed by atoms with Crippen molar-refractivity contribution in [3.05, 3.63) is 192 Å². The van der Waals surface area contributed by atoms with Gasteiger partial charge in [-0.1, -0.05) is 127 Å². The summed E-state index contributed by atoms with van der Waals surface area (Å²) in [6, 6.07) is 62.1. The second-order valence-corrected chi connectivity index (χ2v) is 14.7. The number of benzene rings is 8. The highest BCUT2D eigenvalue weighted by atomic mass is 16.5. The molecule has 0 atom stereocenters. The Morgan fingerprint density at radius 2 is 0.906 bits per heavy atom. The van der Waals surface area contributed by atoms with Gasteiger partial charge in [0.2, 0.25) is 0 Å². The summed E-state index contributed by atoms with van der Waals surface area (Å²) in [7, 11) is 0. The van der Waals surface area contributed by atoms with Crippen LogP contribution in [0.5, 0.6) is 23.0 Å². The van der Waals surface area contributed by atoms with Gasteiger partial charge in [0.15, 0.2) is 0 Å². The number of hydrogen-bond acceptors (Lipinski definition) is 2. The Morgan fingerprint density at radius 1 is 0.396 bits per heavy atom. The minimum absolute atomic E-state index is 0.0372. The minimum atomic E-state index is -0.399. The van der Waals surface area contributed by atoms with Gasteiger partial charge in [0, 0.05) is 28.4 Å². The Kier molecular flexibility index (Phi) is 5.13. The molecule has 244 valence electrons. The van der Waals surface area contributed by atoms with Crippen LogP contribution in [0.2, 0.25) is 0 Å². The lowest BCUT2D eigenvalue weighted by atomic mass is 9.35. The Morgan fingerprint density at radius 3 is 1.53 bits per heavy atom. The molecule has 1 aromatic heterocycles. The van der Waals surface area contributed by atoms with E-state index in [1.54, 1.807) is 0 Å². The van der Waals surface area contributed by atoms with Gasteiger partial charge in [0.05, 0.1) is 22.1 Å². The molecule has 0 bridgehead atoms. The SMILES string of the molecule is c1ccc2c(c1)Oc1cc(-n3c4ccccc4c4cc5c(cc43)-c3ccccc3C53c4ccccc4-c4ccccc43)cc3c1B2c1ccccc1O3. The molecule has 3 heterocycles. The molecule has 0 unspecified atom stereocenters. The van der Waals surface area contributed by atoms with Crippen LogP contribution in [-0.4, -0.2) is 11.3 Å². The lowest BCUT2D eigenvalue weighted by molar-refractivity contribution is 0.464. The third-order valence-corrected chi connectivity index (χ3v) is 12.3. The summed E-state index contributed by atoms with van der Waals surface area (Å²) >= 11 is 0. The molecule has 0 amide bonds. The van der Waals surface area contributed by atoms with Gasteiger partial charge in [-0.05, 0) is 85.8 Å². The van der Waals surface area contributed by atoms with Gasteiger partial charge in [-0.15, -0.1) is 0 Å². The van der Waals surface area contributed by atoms with Crippen LogP contribution in [0, 0.1) is 0 Å². The molecule has 0 fully saturated rings. The van der Waals surface area contributed by atoms with Crippen LogP contribution in [-0.2, 0) is 5.41 Å². The molecule has 2 aliphatic heterocycles. The normalized spacial score (nSPS) is 14.5. The van der Waals surface area contributed by atoms with Gasteiger partial charge in [-0.2, -0.15) is 0 Å². The Labute approximate surface area is 306 Å². The molecule has 8 aromatic carbocycles. The predicted molar refractivity (Wildman–Crippen MR) is 215 cm³/mol. The number of fused-ring (bicyclic) bond motifs is 17. The van der Waals surface area contributed by atoms with E-state index in [2.05, 4.69) is 174 Å². The molecule has 3 nitrogen and oxygen atoms in total. The molecule has 9 aromatic rings. The summed E-state index contributed by atoms with van der Waals surface area (Å²) in [5, 5.41) is 2.45. The summed E-state index contributed by atoms with van der Waals surface area (Å²) in [5.41, 5.74) is 16.9. The average Bonchev–Trinajstić information content (AvgIpc) is 3.81. The molecule has 1 spiro atoms. The van der Waals surface area contributed by atoms with Crippen LogP contribution in [0.15, 0.2) is 170 Å². The largest absolute Gasteiger partial charge is 0.458 e. The van der Waals surface area contributed by atoms with Gasteiger partial charge < -0.3 is 14.0 Å². The van der Waals surface area contributed by atoms with E-state index in [0.717, 1.165) is 45.2 Å². The number of para-hydroxylation sites is 3. The fourth-order valence-electron chi connectivity index (χ4n) is 10.3. The molecule has 2 aliphatic carbocycles. The van der Waals surface area contributed by atoms with Crippen LogP contribution >= 0.6 is 0 Å². The number of hydrogen-bond donors (Lipinski definition) is 0. The maximum absolute atomic E-state index is 6.76. The Balaban J connectivity index is 1.11. The van der Waals surface area contributed by atoms with Crippen LogP contribution in [0.4, 0.5) is 0 Å². The van der Waals surface area contributed by atoms with Crippen molar-refractivity contribution >= 4 is 44.9 Å². The summed E-state index contributed by atoms with van der Waals surface area (Å²) in [6.07, 6.45) is 0. The van der Waals surface area contributed by atoms with Gasteiger partial charge in [0.25, 0.3) is 6.71 Å². The van der Waals surface area contributed by atoms with Crippen molar-refractivity contribution in [3.8, 4) is 50.9 Å². The van der Waals surface area contributed by atoms with Crippen LogP contribution in [0.3, 0.4) is 0 Å². The minimum Gasteiger partial charge on any atom is -0.458 e. The zero-order valence-corrected chi connectivity index (χ0v) is 28.5. The lowest BCUT2D eigenvalue weighted by Crippen LogP contribution is -2.57. The van der Waals surface area contributed by atoms with E-state index in [9.17, 15) is 0 Å². The molecule has 0 saturated heterocycles. The van der Waals surface area contributed by atoms with Crippen molar-refractivity contribution in [2.24, 2.45) is 0 Å². The van der Waals surface area contributed by atoms with E-state index >= 15 is 0 Å². The van der Waals surface area contributed by atoms with Crippen molar-refractivity contribution in [2.75, 3.05) is 0 Å². The van der Waals surface area contributed by atoms with Crippen LogP contribution in [0.25, 0.3) is 49.7 Å². The van der Waals surface area contributed by atoms with E-state index in [0.29, 0.717) is 0 Å². The first-order chi connectivity index (χ1) is 26.3. The van der Waals surface area contributed by atoms with Crippen LogP contribution in [0.1, 0.15) is 22.3 Å². The van der Waals surface area contributed by atoms with E-state index < -0.39 is 5.41 Å². The second-order valence-electron chi connectivity index (χ2n) is 14.7. The quantitative estimate of drug-likeness (QED) is 0.162. The van der Waals surface area contributed by atoms with Crippen molar-refractivity contribution in [2.45, 2.75) is 5.41 Å². The van der Waals surface area contributed by atoms with Gasteiger partial charge >= 0.3 is 0 Å². The molecule has 4 aliphatic rings.